The van der Waals surface area contributed by atoms with Crippen molar-refractivity contribution in [1.29, 1.82) is 0 Å². The van der Waals surface area contributed by atoms with E-state index in [1.54, 1.807) is 0 Å². The standard InChI is InChI=1S/C9H5Cl3O2/c1-4(9(13)14)8-6(11)2-5(10)3-7(8)12/h2-3H,1H2,(H,13,14)/p-1. The lowest BCUT2D eigenvalue weighted by Gasteiger charge is -2.11. The smallest absolute Gasteiger partial charge is 0.0716 e. The van der Waals surface area contributed by atoms with E-state index >= 15 is 0 Å². The highest BCUT2D eigenvalue weighted by Crippen LogP contribution is 2.33. The van der Waals surface area contributed by atoms with Crippen LogP contribution in [0.25, 0.3) is 5.57 Å². The Labute approximate surface area is 95.7 Å². The van der Waals surface area contributed by atoms with Crippen LogP contribution in [0.2, 0.25) is 15.1 Å². The van der Waals surface area contributed by atoms with Gasteiger partial charge in [-0.1, -0.05) is 41.4 Å². The van der Waals surface area contributed by atoms with Gasteiger partial charge in [-0.15, -0.1) is 0 Å². The number of carboxylic acid groups (broad SMARTS) is 1. The van der Waals surface area contributed by atoms with Gasteiger partial charge in [-0.3, -0.25) is 0 Å². The van der Waals surface area contributed by atoms with E-state index in [1.165, 1.54) is 12.1 Å². The van der Waals surface area contributed by atoms with Crippen LogP contribution in [0.4, 0.5) is 0 Å². The molecule has 0 aliphatic carbocycles. The van der Waals surface area contributed by atoms with Crippen molar-refractivity contribution in [1.82, 2.24) is 0 Å². The quantitative estimate of drug-likeness (QED) is 0.756. The number of hydrogen-bond acceptors (Lipinski definition) is 2. The van der Waals surface area contributed by atoms with Crippen molar-refractivity contribution < 1.29 is 9.90 Å². The van der Waals surface area contributed by atoms with E-state index in [0.29, 0.717) is 5.02 Å². The first-order valence-corrected chi connectivity index (χ1v) is 4.62. The summed E-state index contributed by atoms with van der Waals surface area (Å²) in [6.45, 7) is 3.30. The maximum Gasteiger partial charge on any atom is 0.0716 e. The van der Waals surface area contributed by atoms with Gasteiger partial charge in [0.15, 0.2) is 0 Å². The third-order valence-electron chi connectivity index (χ3n) is 1.56. The first-order chi connectivity index (χ1) is 6.43. The normalized spacial score (nSPS) is 9.93. The van der Waals surface area contributed by atoms with Gasteiger partial charge in [0.05, 0.1) is 16.0 Å². The zero-order valence-electron chi connectivity index (χ0n) is 6.81. The molecule has 5 heteroatoms. The van der Waals surface area contributed by atoms with Crippen molar-refractivity contribution in [3.05, 3.63) is 39.3 Å². The average molecular weight is 250 g/mol. The Balaban J connectivity index is 3.35. The van der Waals surface area contributed by atoms with Crippen LogP contribution in [0.15, 0.2) is 18.7 Å². The zero-order valence-corrected chi connectivity index (χ0v) is 9.08. The molecule has 74 valence electrons. The van der Waals surface area contributed by atoms with Crippen LogP contribution in [-0.4, -0.2) is 5.97 Å². The number of aliphatic carboxylic acids is 1. The van der Waals surface area contributed by atoms with Crippen molar-refractivity contribution in [3.63, 3.8) is 0 Å². The van der Waals surface area contributed by atoms with E-state index in [1.807, 2.05) is 0 Å². The SMILES string of the molecule is C=C(C(=O)[O-])c1c(Cl)cc(Cl)cc1Cl. The van der Waals surface area contributed by atoms with E-state index in [4.69, 9.17) is 34.8 Å². The Morgan fingerprint density at radius 2 is 1.64 bits per heavy atom. The van der Waals surface area contributed by atoms with Gasteiger partial charge in [-0.05, 0) is 12.1 Å². The molecule has 0 saturated heterocycles. The van der Waals surface area contributed by atoms with E-state index in [-0.39, 0.29) is 21.2 Å². The molecule has 0 heterocycles. The summed E-state index contributed by atoms with van der Waals surface area (Å²) in [6, 6.07) is 2.77. The summed E-state index contributed by atoms with van der Waals surface area (Å²) in [5, 5.41) is 11.1. The van der Waals surface area contributed by atoms with Gasteiger partial charge >= 0.3 is 0 Å². The largest absolute Gasteiger partial charge is 0.545 e. The first kappa shape index (κ1) is 11.4. The monoisotopic (exact) mass is 249 g/mol. The summed E-state index contributed by atoms with van der Waals surface area (Å²) in [5.74, 6) is -1.42. The number of benzene rings is 1. The van der Waals surface area contributed by atoms with Crippen LogP contribution in [0, 0.1) is 0 Å². The molecule has 0 aliphatic rings. The van der Waals surface area contributed by atoms with Gasteiger partial charge < -0.3 is 9.90 Å². The lowest BCUT2D eigenvalue weighted by atomic mass is 10.1. The molecule has 0 fully saturated rings. The van der Waals surface area contributed by atoms with Crippen molar-refractivity contribution >= 4 is 46.3 Å². The van der Waals surface area contributed by atoms with Crippen molar-refractivity contribution in [2.45, 2.75) is 0 Å². The fourth-order valence-corrected chi connectivity index (χ4v) is 1.98. The Hall–Kier alpha value is -0.700. The first-order valence-electron chi connectivity index (χ1n) is 3.48. The van der Waals surface area contributed by atoms with Gasteiger partial charge in [0.1, 0.15) is 0 Å². The van der Waals surface area contributed by atoms with E-state index in [2.05, 4.69) is 6.58 Å². The third-order valence-corrected chi connectivity index (χ3v) is 2.37. The second-order valence-corrected chi connectivity index (χ2v) is 3.76. The molecular weight excluding hydrogens is 246 g/mol. The number of halogens is 3. The highest BCUT2D eigenvalue weighted by atomic mass is 35.5. The zero-order chi connectivity index (χ0) is 10.9. The molecular formula is C9H4Cl3O2-. The molecule has 0 saturated carbocycles. The molecule has 1 aromatic rings. The van der Waals surface area contributed by atoms with Crippen LogP contribution in [0.3, 0.4) is 0 Å². The maximum absolute atomic E-state index is 10.5. The molecule has 1 aromatic carbocycles. The van der Waals surface area contributed by atoms with Crippen LogP contribution in [0.5, 0.6) is 0 Å². The maximum atomic E-state index is 10.5. The van der Waals surface area contributed by atoms with E-state index in [9.17, 15) is 9.90 Å². The second kappa shape index (κ2) is 4.22. The molecule has 2 nitrogen and oxygen atoms in total. The summed E-state index contributed by atoms with van der Waals surface area (Å²) >= 11 is 17.2. The lowest BCUT2D eigenvalue weighted by molar-refractivity contribution is -0.295. The Bertz CT molecular complexity index is 390. The molecule has 0 unspecified atom stereocenters. The van der Waals surface area contributed by atoms with Gasteiger partial charge in [-0.25, -0.2) is 0 Å². The Morgan fingerprint density at radius 3 is 2.00 bits per heavy atom. The van der Waals surface area contributed by atoms with Gasteiger partial charge in [0.25, 0.3) is 0 Å². The van der Waals surface area contributed by atoms with E-state index in [0.717, 1.165) is 0 Å². The Kier molecular flexibility index (Phi) is 3.43. The number of carboxylic acids is 1. The molecule has 0 N–H and O–H groups in total. The molecule has 0 bridgehead atoms. The van der Waals surface area contributed by atoms with Crippen LogP contribution in [0.1, 0.15) is 5.56 Å². The Morgan fingerprint density at radius 1 is 1.21 bits per heavy atom. The number of carbonyl (C=O) groups excluding carboxylic acids is 1. The lowest BCUT2D eigenvalue weighted by Crippen LogP contribution is -2.23. The molecule has 0 atom stereocenters. The number of rotatable bonds is 2. The van der Waals surface area contributed by atoms with Gasteiger partial charge in [-0.2, -0.15) is 0 Å². The van der Waals surface area contributed by atoms with Crippen LogP contribution < -0.4 is 5.11 Å². The third kappa shape index (κ3) is 2.21. The van der Waals surface area contributed by atoms with Gasteiger partial charge in [0.2, 0.25) is 0 Å². The minimum Gasteiger partial charge on any atom is -0.545 e. The number of carbonyl (C=O) groups is 1. The minimum absolute atomic E-state index is 0.136. The predicted octanol–water partition coefficient (Wildman–Crippen LogP) is 2.41. The topological polar surface area (TPSA) is 40.1 Å². The summed E-state index contributed by atoms with van der Waals surface area (Å²) in [6.07, 6.45) is 0. The minimum atomic E-state index is -1.42. The van der Waals surface area contributed by atoms with Crippen molar-refractivity contribution in [2.75, 3.05) is 0 Å². The highest BCUT2D eigenvalue weighted by Gasteiger charge is 2.11. The predicted molar refractivity (Wildman–Crippen MR) is 55.5 cm³/mol. The molecule has 1 rings (SSSR count). The summed E-state index contributed by atoms with van der Waals surface area (Å²) in [7, 11) is 0. The van der Waals surface area contributed by atoms with Crippen molar-refractivity contribution in [2.24, 2.45) is 0 Å². The van der Waals surface area contributed by atoms with Gasteiger partial charge in [0, 0.05) is 16.2 Å². The summed E-state index contributed by atoms with van der Waals surface area (Å²) < 4.78 is 0. The molecule has 0 radical (unpaired) electrons. The van der Waals surface area contributed by atoms with Crippen LogP contribution >= 0.6 is 34.8 Å². The summed E-state index contributed by atoms with van der Waals surface area (Å²) in [5.41, 5.74) is -0.130. The molecule has 0 aromatic heterocycles. The molecule has 0 aliphatic heterocycles. The van der Waals surface area contributed by atoms with E-state index < -0.39 is 5.97 Å². The average Bonchev–Trinajstić information content (AvgIpc) is 2.01. The fraction of sp³-hybridized carbons (Fsp3) is 0. The number of hydrogen-bond donors (Lipinski definition) is 0. The second-order valence-electron chi connectivity index (χ2n) is 2.51. The summed E-state index contributed by atoms with van der Waals surface area (Å²) in [4.78, 5) is 10.5. The molecule has 0 amide bonds. The fourth-order valence-electron chi connectivity index (χ4n) is 0.933. The van der Waals surface area contributed by atoms with Crippen LogP contribution in [-0.2, 0) is 4.79 Å². The molecule has 14 heavy (non-hydrogen) atoms. The highest BCUT2D eigenvalue weighted by molar-refractivity contribution is 6.42. The molecule has 0 spiro atoms. The van der Waals surface area contributed by atoms with Crippen molar-refractivity contribution in [3.8, 4) is 0 Å².